The lowest BCUT2D eigenvalue weighted by molar-refractivity contribution is 0.598. The van der Waals surface area contributed by atoms with Crippen molar-refractivity contribution in [2.45, 2.75) is 25.1 Å². The standard InChI is InChI=1S/C21H20ClN3S2/c22-12-15-3-5-16-4-1-14(2-6-17(16)9-15)10-19-11-18(13-27-19)20(23)25-21-24-7-8-26-21/h2-3,5-9,11,13-14H,1,4,10,12H2,(H2,23,24,25). The fourth-order valence-corrected chi connectivity index (χ4v) is 4.93. The van der Waals surface area contributed by atoms with Gasteiger partial charge in [-0.15, -0.1) is 34.3 Å². The first-order valence-corrected chi connectivity index (χ1v) is 11.2. The van der Waals surface area contributed by atoms with Crippen molar-refractivity contribution in [3.8, 4) is 0 Å². The van der Waals surface area contributed by atoms with Crippen LogP contribution < -0.4 is 5.73 Å². The maximum Gasteiger partial charge on any atom is 0.210 e. The minimum Gasteiger partial charge on any atom is -0.383 e. The molecule has 2 N–H and O–H groups in total. The largest absolute Gasteiger partial charge is 0.383 e. The van der Waals surface area contributed by atoms with Crippen LogP contribution in [0.2, 0.25) is 0 Å². The molecule has 1 atom stereocenters. The van der Waals surface area contributed by atoms with Crippen molar-refractivity contribution in [3.63, 3.8) is 0 Å². The number of nitrogens with zero attached hydrogens (tertiary/aromatic N) is 2. The number of aromatic nitrogens is 1. The van der Waals surface area contributed by atoms with E-state index in [1.54, 1.807) is 17.5 Å². The first-order chi connectivity index (χ1) is 13.2. The summed E-state index contributed by atoms with van der Waals surface area (Å²) in [7, 11) is 0. The fourth-order valence-electron chi connectivity index (χ4n) is 3.28. The van der Waals surface area contributed by atoms with Gasteiger partial charge in [-0.2, -0.15) is 0 Å². The minimum absolute atomic E-state index is 0.528. The number of aryl methyl sites for hydroxylation is 1. The summed E-state index contributed by atoms with van der Waals surface area (Å²) in [6, 6.07) is 8.73. The molecule has 0 aliphatic heterocycles. The number of rotatable bonds is 5. The van der Waals surface area contributed by atoms with Gasteiger partial charge in [-0.05, 0) is 47.9 Å². The van der Waals surface area contributed by atoms with Gasteiger partial charge in [0.05, 0.1) is 0 Å². The third-order valence-corrected chi connectivity index (χ3v) is 6.68. The lowest BCUT2D eigenvalue weighted by atomic mass is 9.97. The van der Waals surface area contributed by atoms with Crippen LogP contribution in [0.3, 0.4) is 0 Å². The van der Waals surface area contributed by atoms with E-state index in [2.05, 4.69) is 51.8 Å². The van der Waals surface area contributed by atoms with Gasteiger partial charge in [0.1, 0.15) is 5.84 Å². The predicted molar refractivity (Wildman–Crippen MR) is 117 cm³/mol. The molecule has 1 unspecified atom stereocenters. The molecule has 1 aromatic carbocycles. The molecule has 3 aromatic rings. The molecule has 1 aliphatic rings. The van der Waals surface area contributed by atoms with Gasteiger partial charge in [0.2, 0.25) is 5.13 Å². The van der Waals surface area contributed by atoms with E-state index >= 15 is 0 Å². The molecule has 0 radical (unpaired) electrons. The summed E-state index contributed by atoms with van der Waals surface area (Å²) in [6.45, 7) is 0. The molecule has 0 amide bonds. The van der Waals surface area contributed by atoms with Gasteiger partial charge in [-0.1, -0.05) is 30.4 Å². The van der Waals surface area contributed by atoms with Crippen molar-refractivity contribution in [1.82, 2.24) is 4.98 Å². The number of benzene rings is 1. The van der Waals surface area contributed by atoms with Crippen molar-refractivity contribution in [2.24, 2.45) is 16.6 Å². The zero-order chi connectivity index (χ0) is 18.6. The van der Waals surface area contributed by atoms with E-state index in [9.17, 15) is 0 Å². The first-order valence-electron chi connectivity index (χ1n) is 8.88. The van der Waals surface area contributed by atoms with E-state index in [0.29, 0.717) is 22.8 Å². The summed E-state index contributed by atoms with van der Waals surface area (Å²) in [6.07, 6.45) is 9.62. The van der Waals surface area contributed by atoms with Crippen LogP contribution >= 0.6 is 34.3 Å². The molecule has 3 nitrogen and oxygen atoms in total. The first kappa shape index (κ1) is 18.4. The van der Waals surface area contributed by atoms with Crippen LogP contribution in [0.5, 0.6) is 0 Å². The van der Waals surface area contributed by atoms with Crippen molar-refractivity contribution in [3.05, 3.63) is 74.4 Å². The zero-order valence-corrected chi connectivity index (χ0v) is 17.2. The van der Waals surface area contributed by atoms with Gasteiger partial charge in [0, 0.05) is 33.3 Å². The highest BCUT2D eigenvalue weighted by molar-refractivity contribution is 7.13. The number of allylic oxidation sites excluding steroid dienone is 1. The Hall–Kier alpha value is -1.95. The molecule has 2 aromatic heterocycles. The second-order valence-corrected chi connectivity index (χ2v) is 8.78. The molecule has 27 heavy (non-hydrogen) atoms. The van der Waals surface area contributed by atoms with E-state index < -0.39 is 0 Å². The molecule has 138 valence electrons. The van der Waals surface area contributed by atoms with Crippen molar-refractivity contribution >= 4 is 51.3 Å². The number of fused-ring (bicyclic) bond motifs is 1. The van der Waals surface area contributed by atoms with Gasteiger partial charge >= 0.3 is 0 Å². The molecule has 1 aliphatic carbocycles. The topological polar surface area (TPSA) is 51.3 Å². The summed E-state index contributed by atoms with van der Waals surface area (Å²) in [5.74, 6) is 1.62. The molecule has 0 saturated heterocycles. The molecular weight excluding hydrogens is 394 g/mol. The maximum absolute atomic E-state index is 6.14. The number of thiophene rings is 1. The lowest BCUT2D eigenvalue weighted by Gasteiger charge is -2.09. The Labute approximate surface area is 172 Å². The third-order valence-electron chi connectivity index (χ3n) is 4.75. The molecule has 2 heterocycles. The van der Waals surface area contributed by atoms with Crippen molar-refractivity contribution < 1.29 is 0 Å². The lowest BCUT2D eigenvalue weighted by Crippen LogP contribution is -2.11. The second-order valence-electron chi connectivity index (χ2n) is 6.64. The Morgan fingerprint density at radius 2 is 2.22 bits per heavy atom. The van der Waals surface area contributed by atoms with Crippen molar-refractivity contribution in [1.29, 1.82) is 0 Å². The van der Waals surface area contributed by atoms with Crippen LogP contribution in [0.15, 0.2) is 52.3 Å². The summed E-state index contributed by atoms with van der Waals surface area (Å²) < 4.78 is 0. The van der Waals surface area contributed by atoms with E-state index in [1.807, 2.05) is 5.38 Å². The summed E-state index contributed by atoms with van der Waals surface area (Å²) in [5.41, 5.74) is 11.0. The highest BCUT2D eigenvalue weighted by Gasteiger charge is 2.14. The normalized spacial score (nSPS) is 16.9. The van der Waals surface area contributed by atoms with Crippen LogP contribution in [0.1, 0.15) is 33.6 Å². The van der Waals surface area contributed by atoms with Crippen molar-refractivity contribution in [2.75, 3.05) is 0 Å². The summed E-state index contributed by atoms with van der Waals surface area (Å²) in [4.78, 5) is 9.89. The Morgan fingerprint density at radius 1 is 1.30 bits per heavy atom. The molecule has 0 spiro atoms. The molecular formula is C21H20ClN3S2. The van der Waals surface area contributed by atoms with Gasteiger partial charge in [-0.25, -0.2) is 9.98 Å². The average Bonchev–Trinajstić information content (AvgIpc) is 3.32. The van der Waals surface area contributed by atoms with E-state index in [0.717, 1.165) is 24.8 Å². The summed E-state index contributed by atoms with van der Waals surface area (Å²) >= 11 is 9.21. The third kappa shape index (κ3) is 4.49. The van der Waals surface area contributed by atoms with Crippen LogP contribution in [0.4, 0.5) is 5.13 Å². The number of amidine groups is 1. The van der Waals surface area contributed by atoms with Gasteiger partial charge < -0.3 is 5.73 Å². The Bertz CT molecular complexity index is 973. The fraction of sp³-hybridized carbons (Fsp3) is 0.238. The van der Waals surface area contributed by atoms with Crippen LogP contribution in [0, 0.1) is 5.92 Å². The molecule has 0 fully saturated rings. The average molecular weight is 414 g/mol. The number of aliphatic imine (C=N–C) groups is 1. The number of alkyl halides is 1. The number of hydrogen-bond donors (Lipinski definition) is 1. The van der Waals surface area contributed by atoms with Crippen LogP contribution in [-0.4, -0.2) is 10.8 Å². The number of hydrogen-bond acceptors (Lipinski definition) is 4. The maximum atomic E-state index is 6.14. The zero-order valence-electron chi connectivity index (χ0n) is 14.8. The Morgan fingerprint density at radius 3 is 3.04 bits per heavy atom. The van der Waals surface area contributed by atoms with E-state index in [4.69, 9.17) is 17.3 Å². The highest BCUT2D eigenvalue weighted by Crippen LogP contribution is 2.28. The quantitative estimate of drug-likeness (QED) is 0.326. The Kier molecular flexibility index (Phi) is 5.72. The van der Waals surface area contributed by atoms with E-state index in [-0.39, 0.29) is 0 Å². The minimum atomic E-state index is 0.528. The number of thiazole rings is 1. The molecule has 6 heteroatoms. The molecule has 0 saturated carbocycles. The second kappa shape index (κ2) is 8.38. The highest BCUT2D eigenvalue weighted by atomic mass is 35.5. The Balaban J connectivity index is 1.45. The van der Waals surface area contributed by atoms with Gasteiger partial charge in [0.15, 0.2) is 0 Å². The summed E-state index contributed by atoms with van der Waals surface area (Å²) in [5, 5.41) is 4.68. The van der Waals surface area contributed by atoms with Gasteiger partial charge in [-0.3, -0.25) is 0 Å². The SMILES string of the molecule is NC(=Nc1nccs1)c1csc(CC2C=Cc3cc(CCl)ccc3CC2)c1. The monoisotopic (exact) mass is 413 g/mol. The predicted octanol–water partition coefficient (Wildman–Crippen LogP) is 5.80. The smallest absolute Gasteiger partial charge is 0.210 e. The van der Waals surface area contributed by atoms with Gasteiger partial charge in [0.25, 0.3) is 0 Å². The number of nitrogens with two attached hydrogens (primary N) is 1. The van der Waals surface area contributed by atoms with Crippen LogP contribution in [0.25, 0.3) is 6.08 Å². The van der Waals surface area contributed by atoms with E-state index in [1.165, 1.54) is 32.9 Å². The number of halogens is 1. The molecule has 0 bridgehead atoms. The molecule has 4 rings (SSSR count). The van der Waals surface area contributed by atoms with Crippen LogP contribution in [-0.2, 0) is 18.7 Å².